The van der Waals surface area contributed by atoms with Gasteiger partial charge in [0.15, 0.2) is 0 Å². The van der Waals surface area contributed by atoms with Crippen LogP contribution in [0.2, 0.25) is 0 Å². The van der Waals surface area contributed by atoms with E-state index in [1.54, 1.807) is 36.3 Å². The Hall–Kier alpha value is -3.27. The van der Waals surface area contributed by atoms with Gasteiger partial charge in [0.1, 0.15) is 17.5 Å². The molecule has 0 radical (unpaired) electrons. The number of rotatable bonds is 15. The predicted molar refractivity (Wildman–Crippen MR) is 145 cm³/mol. The molecule has 0 aliphatic rings. The molecule has 0 saturated heterocycles. The topological polar surface area (TPSA) is 105 Å². The number of nitrogens with one attached hydrogen (secondary N) is 1. The minimum Gasteiger partial charge on any atom is -0.497 e. The number of carbonyl (C=O) groups is 2. The summed E-state index contributed by atoms with van der Waals surface area (Å²) < 4.78 is 37.0. The number of para-hydroxylation sites is 2. The Morgan fingerprint density at radius 3 is 2.38 bits per heavy atom. The molecule has 2 amide bonds. The molecule has 37 heavy (non-hydrogen) atoms. The molecule has 0 aliphatic carbocycles. The van der Waals surface area contributed by atoms with Crippen LogP contribution in [-0.2, 0) is 26.2 Å². The standard InChI is InChI=1S/C27H39N3O6S/c1-6-17-28-27(32)23(7-2)29(20-21-12-10-13-22(19-21)35-3)26(31)16-11-18-30(37(5,33)34)24-14-8-9-15-25(24)36-4/h8-10,12-15,19,23H,6-7,11,16-18,20H2,1-5H3,(H,28,32)/t23-/m0/s1. The number of benzene rings is 2. The van der Waals surface area contributed by atoms with Crippen LogP contribution in [0.3, 0.4) is 0 Å². The van der Waals surface area contributed by atoms with E-state index in [0.717, 1.165) is 18.2 Å². The van der Waals surface area contributed by atoms with Gasteiger partial charge in [0, 0.05) is 26.1 Å². The maximum absolute atomic E-state index is 13.5. The van der Waals surface area contributed by atoms with Crippen molar-refractivity contribution in [3.05, 3.63) is 54.1 Å². The third kappa shape index (κ3) is 8.66. The maximum atomic E-state index is 13.5. The zero-order valence-corrected chi connectivity index (χ0v) is 23.2. The van der Waals surface area contributed by atoms with Crippen LogP contribution in [0.4, 0.5) is 5.69 Å². The third-order valence-corrected chi connectivity index (χ3v) is 7.11. The van der Waals surface area contributed by atoms with E-state index in [-0.39, 0.29) is 37.7 Å². The highest BCUT2D eigenvalue weighted by atomic mass is 32.2. The minimum absolute atomic E-state index is 0.0721. The third-order valence-electron chi connectivity index (χ3n) is 5.93. The highest BCUT2D eigenvalue weighted by Crippen LogP contribution is 2.30. The first-order chi connectivity index (χ1) is 17.7. The van der Waals surface area contributed by atoms with Gasteiger partial charge in [-0.3, -0.25) is 13.9 Å². The molecule has 1 atom stereocenters. The molecule has 0 spiro atoms. The van der Waals surface area contributed by atoms with Crippen molar-refractivity contribution in [1.82, 2.24) is 10.2 Å². The molecule has 1 N–H and O–H groups in total. The zero-order chi connectivity index (χ0) is 27.4. The molecule has 0 fully saturated rings. The van der Waals surface area contributed by atoms with Crippen molar-refractivity contribution in [2.45, 2.75) is 52.1 Å². The molecule has 2 rings (SSSR count). The summed E-state index contributed by atoms with van der Waals surface area (Å²) in [5.74, 6) is 0.661. The van der Waals surface area contributed by atoms with E-state index < -0.39 is 16.1 Å². The molecule has 2 aromatic rings. The number of amides is 2. The van der Waals surface area contributed by atoms with Crippen LogP contribution >= 0.6 is 0 Å². The van der Waals surface area contributed by atoms with Crippen molar-refractivity contribution >= 4 is 27.5 Å². The first-order valence-corrected chi connectivity index (χ1v) is 14.3. The predicted octanol–water partition coefficient (Wildman–Crippen LogP) is 3.58. The fourth-order valence-electron chi connectivity index (χ4n) is 4.07. The highest BCUT2D eigenvalue weighted by molar-refractivity contribution is 7.92. The van der Waals surface area contributed by atoms with E-state index in [1.807, 2.05) is 38.1 Å². The molecule has 2 aromatic carbocycles. The van der Waals surface area contributed by atoms with Gasteiger partial charge in [0.25, 0.3) is 0 Å². The van der Waals surface area contributed by atoms with Crippen molar-refractivity contribution in [2.75, 3.05) is 37.9 Å². The Bertz CT molecular complexity index is 1140. The summed E-state index contributed by atoms with van der Waals surface area (Å²) in [6.45, 7) is 4.69. The van der Waals surface area contributed by atoms with Crippen LogP contribution in [0.1, 0.15) is 45.1 Å². The lowest BCUT2D eigenvalue weighted by atomic mass is 10.1. The summed E-state index contributed by atoms with van der Waals surface area (Å²) in [5.41, 5.74) is 1.25. The number of methoxy groups -OCH3 is 2. The quantitative estimate of drug-likeness (QED) is 0.375. The Balaban J connectivity index is 2.25. The van der Waals surface area contributed by atoms with E-state index in [4.69, 9.17) is 9.47 Å². The number of ether oxygens (including phenoxy) is 2. The smallest absolute Gasteiger partial charge is 0.242 e. The van der Waals surface area contributed by atoms with E-state index in [1.165, 1.54) is 11.4 Å². The lowest BCUT2D eigenvalue weighted by molar-refractivity contribution is -0.141. The van der Waals surface area contributed by atoms with Crippen molar-refractivity contribution in [3.8, 4) is 11.5 Å². The molecular formula is C27H39N3O6S. The van der Waals surface area contributed by atoms with Gasteiger partial charge in [-0.25, -0.2) is 8.42 Å². The van der Waals surface area contributed by atoms with E-state index in [0.29, 0.717) is 30.2 Å². The Kier molecular flexibility index (Phi) is 11.7. The number of anilines is 1. The molecule has 10 heteroatoms. The van der Waals surface area contributed by atoms with Crippen molar-refractivity contribution in [1.29, 1.82) is 0 Å². The molecule has 0 aliphatic heterocycles. The van der Waals surface area contributed by atoms with Gasteiger partial charge in [-0.2, -0.15) is 0 Å². The SMILES string of the molecule is CCCNC(=O)[C@H](CC)N(Cc1cccc(OC)c1)C(=O)CCCN(c1ccccc1OC)S(C)(=O)=O. The number of sulfonamides is 1. The van der Waals surface area contributed by atoms with Gasteiger partial charge in [-0.15, -0.1) is 0 Å². The Morgan fingerprint density at radius 1 is 1.03 bits per heavy atom. The first-order valence-electron chi connectivity index (χ1n) is 12.5. The Labute approximate surface area is 220 Å². The molecule has 204 valence electrons. The monoisotopic (exact) mass is 533 g/mol. The van der Waals surface area contributed by atoms with Crippen molar-refractivity contribution < 1.29 is 27.5 Å². The second kappa shape index (κ2) is 14.5. The largest absolute Gasteiger partial charge is 0.497 e. The van der Waals surface area contributed by atoms with Crippen molar-refractivity contribution in [3.63, 3.8) is 0 Å². The summed E-state index contributed by atoms with van der Waals surface area (Å²) in [6, 6.07) is 13.6. The molecule has 0 aromatic heterocycles. The van der Waals surface area contributed by atoms with E-state index >= 15 is 0 Å². The van der Waals surface area contributed by atoms with Gasteiger partial charge in [0.05, 0.1) is 26.2 Å². The number of nitrogens with zero attached hydrogens (tertiary/aromatic N) is 2. The first kappa shape index (κ1) is 30.0. The zero-order valence-electron chi connectivity index (χ0n) is 22.4. The van der Waals surface area contributed by atoms with Crippen LogP contribution in [0.5, 0.6) is 11.5 Å². The fraction of sp³-hybridized carbons (Fsp3) is 0.481. The van der Waals surface area contributed by atoms with Gasteiger partial charge >= 0.3 is 0 Å². The molecule has 0 unspecified atom stereocenters. The van der Waals surface area contributed by atoms with Crippen molar-refractivity contribution in [2.24, 2.45) is 0 Å². The number of carbonyl (C=O) groups excluding carboxylic acids is 2. The molecule has 0 bridgehead atoms. The van der Waals surface area contributed by atoms with Crippen LogP contribution in [0.25, 0.3) is 0 Å². The lowest BCUT2D eigenvalue weighted by Gasteiger charge is -2.31. The van der Waals surface area contributed by atoms with Gasteiger partial charge < -0.3 is 19.7 Å². The van der Waals surface area contributed by atoms with Crippen LogP contribution in [0.15, 0.2) is 48.5 Å². The van der Waals surface area contributed by atoms with Crippen LogP contribution < -0.4 is 19.1 Å². The lowest BCUT2D eigenvalue weighted by Crippen LogP contribution is -2.49. The average molecular weight is 534 g/mol. The average Bonchev–Trinajstić information content (AvgIpc) is 2.89. The minimum atomic E-state index is -3.62. The van der Waals surface area contributed by atoms with E-state index in [9.17, 15) is 18.0 Å². The summed E-state index contributed by atoms with van der Waals surface area (Å²) in [5, 5.41) is 2.90. The summed E-state index contributed by atoms with van der Waals surface area (Å²) in [6.07, 6.45) is 2.70. The second-order valence-corrected chi connectivity index (χ2v) is 10.6. The highest BCUT2D eigenvalue weighted by Gasteiger charge is 2.29. The summed E-state index contributed by atoms with van der Waals surface area (Å²) in [4.78, 5) is 28.0. The van der Waals surface area contributed by atoms with Gasteiger partial charge in [-0.05, 0) is 49.1 Å². The van der Waals surface area contributed by atoms with Gasteiger partial charge in [0.2, 0.25) is 21.8 Å². The van der Waals surface area contributed by atoms with Crippen LogP contribution in [-0.4, -0.2) is 64.7 Å². The van der Waals surface area contributed by atoms with E-state index in [2.05, 4.69) is 5.32 Å². The summed E-state index contributed by atoms with van der Waals surface area (Å²) in [7, 11) is -0.566. The number of hydrogen-bond donors (Lipinski definition) is 1. The molecule has 0 saturated carbocycles. The molecular weight excluding hydrogens is 494 g/mol. The normalized spacial score (nSPS) is 11.9. The Morgan fingerprint density at radius 2 is 1.76 bits per heavy atom. The molecule has 9 nitrogen and oxygen atoms in total. The van der Waals surface area contributed by atoms with Gasteiger partial charge in [-0.1, -0.05) is 38.1 Å². The maximum Gasteiger partial charge on any atom is 0.242 e. The molecule has 0 heterocycles. The fourth-order valence-corrected chi connectivity index (χ4v) is 5.04. The number of hydrogen-bond acceptors (Lipinski definition) is 6. The van der Waals surface area contributed by atoms with Crippen LogP contribution in [0, 0.1) is 0 Å². The second-order valence-electron chi connectivity index (χ2n) is 8.70. The summed E-state index contributed by atoms with van der Waals surface area (Å²) >= 11 is 0.